The molecule has 0 atom stereocenters. The van der Waals surface area contributed by atoms with Gasteiger partial charge in [-0.1, -0.05) is 126 Å². The molecule has 0 fully saturated rings. The lowest BCUT2D eigenvalue weighted by molar-refractivity contribution is -0.119. The highest BCUT2D eigenvalue weighted by Crippen LogP contribution is 2.18. The topological polar surface area (TPSA) is 17.1 Å². The van der Waals surface area contributed by atoms with E-state index in [1.54, 1.807) is 0 Å². The number of aryl methyl sites for hydroxylation is 3. The Hall–Kier alpha value is -2.15. The molecule has 0 unspecified atom stereocenters. The van der Waals surface area contributed by atoms with Crippen molar-refractivity contribution in [2.24, 2.45) is 0 Å². The van der Waals surface area contributed by atoms with E-state index in [4.69, 9.17) is 0 Å². The van der Waals surface area contributed by atoms with E-state index in [1.165, 1.54) is 92.0 Å². The van der Waals surface area contributed by atoms with Crippen molar-refractivity contribution in [1.82, 2.24) is 0 Å². The first kappa shape index (κ1) is 29.1. The molecule has 35 heavy (non-hydrogen) atoms. The molecule has 0 saturated heterocycles. The lowest BCUT2D eigenvalue weighted by Gasteiger charge is -2.06. The summed E-state index contributed by atoms with van der Waals surface area (Å²) in [5, 5.41) is 0. The van der Waals surface area contributed by atoms with E-state index in [2.05, 4.69) is 75.4 Å². The van der Waals surface area contributed by atoms with Crippen molar-refractivity contribution in [3.63, 3.8) is 0 Å². The number of ketones is 1. The van der Waals surface area contributed by atoms with Gasteiger partial charge < -0.3 is 0 Å². The van der Waals surface area contributed by atoms with Crippen molar-refractivity contribution in [3.8, 4) is 0 Å². The van der Waals surface area contributed by atoms with Gasteiger partial charge in [0.25, 0.3) is 0 Å². The first-order valence-corrected chi connectivity index (χ1v) is 14.4. The van der Waals surface area contributed by atoms with E-state index in [-0.39, 0.29) is 0 Å². The van der Waals surface area contributed by atoms with E-state index in [9.17, 15) is 4.79 Å². The quantitative estimate of drug-likeness (QED) is 0.146. The molecule has 0 aromatic heterocycles. The minimum Gasteiger partial charge on any atom is -0.300 e. The van der Waals surface area contributed by atoms with Crippen molar-refractivity contribution in [2.75, 3.05) is 0 Å². The summed E-state index contributed by atoms with van der Waals surface area (Å²) in [4.78, 5) is 12.2. The molecule has 0 N–H and O–H groups in total. The summed E-state index contributed by atoms with van der Waals surface area (Å²) in [7, 11) is 0. The Bertz CT molecular complexity index is 856. The van der Waals surface area contributed by atoms with Crippen LogP contribution in [0.3, 0.4) is 0 Å². The lowest BCUT2D eigenvalue weighted by Crippen LogP contribution is -1.98. The van der Waals surface area contributed by atoms with Crippen molar-refractivity contribution in [3.05, 3.63) is 70.3 Å². The maximum atomic E-state index is 12.2. The number of unbranched alkanes of at least 4 members (excludes halogenated alkanes) is 11. The molecule has 0 radical (unpaired) electrons. The van der Waals surface area contributed by atoms with E-state index in [0.717, 1.165) is 38.5 Å². The first-order chi connectivity index (χ1) is 17.1. The van der Waals surface area contributed by atoms with Crippen LogP contribution in [0.4, 0.5) is 0 Å². The molecule has 0 bridgehead atoms. The number of hydrogen-bond acceptors (Lipinski definition) is 1. The molecule has 2 aromatic carbocycles. The Morgan fingerprint density at radius 1 is 0.657 bits per heavy atom. The van der Waals surface area contributed by atoms with Gasteiger partial charge in [-0.15, -0.1) is 0 Å². The van der Waals surface area contributed by atoms with Gasteiger partial charge in [0.05, 0.1) is 0 Å². The second-order valence-corrected chi connectivity index (χ2v) is 10.4. The Balaban J connectivity index is 1.54. The van der Waals surface area contributed by atoms with E-state index >= 15 is 0 Å². The summed E-state index contributed by atoms with van der Waals surface area (Å²) < 4.78 is 0. The predicted octanol–water partition coefficient (Wildman–Crippen LogP) is 10.5. The molecule has 0 aliphatic heterocycles. The van der Waals surface area contributed by atoms with Crippen LogP contribution < -0.4 is 0 Å². The Morgan fingerprint density at radius 3 is 1.83 bits per heavy atom. The normalized spacial score (nSPS) is 11.4. The van der Waals surface area contributed by atoms with Crippen LogP contribution in [0.2, 0.25) is 0 Å². The standard InChI is InChI=1S/C34H50O/c1-4-5-6-7-8-9-10-11-12-13-14-24-33(35)25-16-15-21-31-22-18-23-32(28-31)26-27-34-29(2)19-17-20-30(34)3/h17-20,22-23,26-28H,4-16,21,24-25H2,1-3H3. The van der Waals surface area contributed by atoms with Gasteiger partial charge in [-0.3, -0.25) is 4.79 Å². The largest absolute Gasteiger partial charge is 0.300 e. The predicted molar refractivity (Wildman–Crippen MR) is 155 cm³/mol. The molecule has 0 aliphatic rings. The van der Waals surface area contributed by atoms with Crippen LogP contribution in [0.15, 0.2) is 42.5 Å². The number of benzene rings is 2. The molecule has 192 valence electrons. The molecule has 0 heterocycles. The van der Waals surface area contributed by atoms with Crippen molar-refractivity contribution in [2.45, 2.75) is 124 Å². The van der Waals surface area contributed by atoms with Gasteiger partial charge in [0, 0.05) is 12.8 Å². The molecule has 2 aromatic rings. The van der Waals surface area contributed by atoms with Gasteiger partial charge >= 0.3 is 0 Å². The van der Waals surface area contributed by atoms with Crippen molar-refractivity contribution >= 4 is 17.9 Å². The van der Waals surface area contributed by atoms with Crippen molar-refractivity contribution in [1.29, 1.82) is 0 Å². The molecule has 0 aliphatic carbocycles. The van der Waals surface area contributed by atoms with Gasteiger partial charge in [-0.2, -0.15) is 0 Å². The third-order valence-electron chi connectivity index (χ3n) is 7.17. The van der Waals surface area contributed by atoms with Crippen LogP contribution in [-0.4, -0.2) is 5.78 Å². The number of Topliss-reactive ketones (excluding diaryl/α,β-unsaturated/α-hetero) is 1. The summed E-state index contributed by atoms with van der Waals surface area (Å²) in [5.74, 6) is 0.464. The summed E-state index contributed by atoms with van der Waals surface area (Å²) in [6, 6.07) is 15.3. The van der Waals surface area contributed by atoms with Gasteiger partial charge in [0.1, 0.15) is 5.78 Å². The monoisotopic (exact) mass is 474 g/mol. The number of rotatable bonds is 19. The number of carbonyl (C=O) groups is 1. The fraction of sp³-hybridized carbons (Fsp3) is 0.559. The molecular formula is C34H50O. The highest BCUT2D eigenvalue weighted by atomic mass is 16.1. The van der Waals surface area contributed by atoms with Gasteiger partial charge in [0.2, 0.25) is 0 Å². The van der Waals surface area contributed by atoms with E-state index in [1.807, 2.05) is 0 Å². The van der Waals surface area contributed by atoms with Gasteiger partial charge in [-0.05, 0) is 67.3 Å². The highest BCUT2D eigenvalue weighted by molar-refractivity contribution is 5.78. The van der Waals surface area contributed by atoms with Gasteiger partial charge in [0.15, 0.2) is 0 Å². The third-order valence-corrected chi connectivity index (χ3v) is 7.17. The molecule has 0 spiro atoms. The van der Waals surface area contributed by atoms with E-state index < -0.39 is 0 Å². The fourth-order valence-corrected chi connectivity index (χ4v) is 4.88. The SMILES string of the molecule is CCCCCCCCCCCCCC(=O)CCCCc1cccc(C=Cc2c(C)cccc2C)c1. The summed E-state index contributed by atoms with van der Waals surface area (Å²) in [6.07, 6.45) is 23.9. The highest BCUT2D eigenvalue weighted by Gasteiger charge is 2.03. The molecule has 1 nitrogen and oxygen atoms in total. The lowest BCUT2D eigenvalue weighted by atomic mass is 10.00. The maximum absolute atomic E-state index is 12.2. The van der Waals surface area contributed by atoms with E-state index in [0.29, 0.717) is 5.78 Å². The summed E-state index contributed by atoms with van der Waals surface area (Å²) in [5.41, 5.74) is 6.56. The van der Waals surface area contributed by atoms with Gasteiger partial charge in [-0.25, -0.2) is 0 Å². The van der Waals surface area contributed by atoms with Crippen LogP contribution in [0.1, 0.15) is 131 Å². The van der Waals surface area contributed by atoms with Crippen LogP contribution in [0.5, 0.6) is 0 Å². The smallest absolute Gasteiger partial charge is 0.132 e. The van der Waals surface area contributed by atoms with Crippen LogP contribution in [0, 0.1) is 13.8 Å². The third kappa shape index (κ3) is 12.9. The summed E-state index contributed by atoms with van der Waals surface area (Å²) in [6.45, 7) is 6.61. The zero-order valence-corrected chi connectivity index (χ0v) is 22.9. The van der Waals surface area contributed by atoms with Crippen LogP contribution >= 0.6 is 0 Å². The molecule has 0 saturated carbocycles. The molecule has 0 amide bonds. The Kier molecular flexibility index (Phi) is 15.1. The zero-order chi connectivity index (χ0) is 25.1. The fourth-order valence-electron chi connectivity index (χ4n) is 4.88. The first-order valence-electron chi connectivity index (χ1n) is 14.4. The molecule has 1 heteroatoms. The second kappa shape index (κ2) is 18.2. The number of hydrogen-bond donors (Lipinski definition) is 0. The van der Waals surface area contributed by atoms with Crippen LogP contribution in [0.25, 0.3) is 12.2 Å². The average Bonchev–Trinajstić information content (AvgIpc) is 2.85. The average molecular weight is 475 g/mol. The number of carbonyl (C=O) groups excluding carboxylic acids is 1. The molecule has 2 rings (SSSR count). The minimum absolute atomic E-state index is 0.464. The second-order valence-electron chi connectivity index (χ2n) is 10.4. The molecular weight excluding hydrogens is 424 g/mol. The Labute approximate surface area is 216 Å². The van der Waals surface area contributed by atoms with Crippen LogP contribution in [-0.2, 0) is 11.2 Å². The minimum atomic E-state index is 0.464. The van der Waals surface area contributed by atoms with Crippen molar-refractivity contribution < 1.29 is 4.79 Å². The Morgan fingerprint density at radius 2 is 1.20 bits per heavy atom. The zero-order valence-electron chi connectivity index (χ0n) is 22.9. The summed E-state index contributed by atoms with van der Waals surface area (Å²) >= 11 is 0. The maximum Gasteiger partial charge on any atom is 0.132 e.